The van der Waals surface area contributed by atoms with E-state index in [4.69, 9.17) is 11.6 Å². The molecule has 4 aliphatic heterocycles. The molecular formula is C32H29ClN4O4. The van der Waals surface area contributed by atoms with Gasteiger partial charge in [-0.25, -0.2) is 0 Å². The molecule has 9 heteroatoms. The summed E-state index contributed by atoms with van der Waals surface area (Å²) in [4.78, 5) is 56.1. The van der Waals surface area contributed by atoms with E-state index in [2.05, 4.69) is 16.3 Å². The standard InChI is InChI=1S/C32H29ClN4O4/c33-23-8-6-21(7-9-23)24-3-1-2-4-26(24)30(40)36-18-32(19-36)16-35(17-32)14-20-5-10-25-22(13-20)15-37(31(25)41)27-11-12-28(38)34-29(27)39/h1-10,13,27H,11-12,14-19H2,(H,34,38,39). The molecule has 0 bridgehead atoms. The molecular weight excluding hydrogens is 540 g/mol. The van der Waals surface area contributed by atoms with Crippen LogP contribution in [0.3, 0.4) is 0 Å². The molecule has 0 aromatic heterocycles. The molecule has 8 nitrogen and oxygen atoms in total. The molecule has 0 saturated carbocycles. The Morgan fingerprint density at radius 3 is 2.44 bits per heavy atom. The summed E-state index contributed by atoms with van der Waals surface area (Å²) in [5.41, 5.74) is 5.41. The number of carbonyl (C=O) groups excluding carboxylic acids is 4. The van der Waals surface area contributed by atoms with Gasteiger partial charge in [-0.1, -0.05) is 54.1 Å². The van der Waals surface area contributed by atoms with Crippen LogP contribution in [0.4, 0.5) is 0 Å². The molecule has 4 amide bonds. The average Bonchev–Trinajstić information content (AvgIpc) is 3.24. The van der Waals surface area contributed by atoms with Gasteiger partial charge in [-0.15, -0.1) is 0 Å². The number of nitrogens with one attached hydrogen (secondary N) is 1. The van der Waals surface area contributed by atoms with Crippen LogP contribution in [0.25, 0.3) is 11.1 Å². The van der Waals surface area contributed by atoms with Crippen molar-refractivity contribution in [2.24, 2.45) is 5.41 Å². The fraction of sp³-hybridized carbons (Fsp3) is 0.312. The monoisotopic (exact) mass is 568 g/mol. The third-order valence-corrected chi connectivity index (χ3v) is 9.02. The first-order chi connectivity index (χ1) is 19.8. The minimum absolute atomic E-state index is 0.0588. The van der Waals surface area contributed by atoms with E-state index in [0.717, 1.165) is 55.0 Å². The van der Waals surface area contributed by atoms with Gasteiger partial charge < -0.3 is 9.80 Å². The maximum atomic E-state index is 13.4. The lowest BCUT2D eigenvalue weighted by Gasteiger charge is -2.60. The Morgan fingerprint density at radius 1 is 0.927 bits per heavy atom. The molecule has 1 unspecified atom stereocenters. The Labute approximate surface area is 242 Å². The van der Waals surface area contributed by atoms with Crippen molar-refractivity contribution in [3.05, 3.63) is 94.0 Å². The van der Waals surface area contributed by atoms with Crippen LogP contribution < -0.4 is 5.32 Å². The molecule has 0 radical (unpaired) electrons. The quantitative estimate of drug-likeness (QED) is 0.474. The molecule has 0 aliphatic carbocycles. The first kappa shape index (κ1) is 25.9. The van der Waals surface area contributed by atoms with Gasteiger partial charge in [0.1, 0.15) is 6.04 Å². The van der Waals surface area contributed by atoms with Crippen molar-refractivity contribution in [3.63, 3.8) is 0 Å². The smallest absolute Gasteiger partial charge is 0.255 e. The predicted octanol–water partition coefficient (Wildman–Crippen LogP) is 3.73. The minimum Gasteiger partial charge on any atom is -0.337 e. The molecule has 3 fully saturated rings. The first-order valence-corrected chi connectivity index (χ1v) is 14.3. The molecule has 3 saturated heterocycles. The number of hydrogen-bond donors (Lipinski definition) is 1. The van der Waals surface area contributed by atoms with Crippen LogP contribution in [0.1, 0.15) is 44.7 Å². The number of halogens is 1. The summed E-state index contributed by atoms with van der Waals surface area (Å²) in [7, 11) is 0. The topological polar surface area (TPSA) is 90.0 Å². The van der Waals surface area contributed by atoms with E-state index < -0.39 is 11.9 Å². The van der Waals surface area contributed by atoms with Crippen molar-refractivity contribution in [1.29, 1.82) is 0 Å². The predicted molar refractivity (Wildman–Crippen MR) is 153 cm³/mol. The Morgan fingerprint density at radius 2 is 1.68 bits per heavy atom. The van der Waals surface area contributed by atoms with Crippen LogP contribution in [0.5, 0.6) is 0 Å². The number of carbonyl (C=O) groups is 4. The van der Waals surface area contributed by atoms with Crippen molar-refractivity contribution < 1.29 is 19.2 Å². The summed E-state index contributed by atoms with van der Waals surface area (Å²) >= 11 is 6.06. The van der Waals surface area contributed by atoms with Gasteiger partial charge in [0, 0.05) is 67.3 Å². The molecule has 4 heterocycles. The zero-order valence-electron chi connectivity index (χ0n) is 22.4. The van der Waals surface area contributed by atoms with Crippen molar-refractivity contribution in [1.82, 2.24) is 20.0 Å². The zero-order chi connectivity index (χ0) is 28.3. The van der Waals surface area contributed by atoms with Gasteiger partial charge in [0.25, 0.3) is 11.8 Å². The van der Waals surface area contributed by atoms with Crippen molar-refractivity contribution in [2.45, 2.75) is 32.0 Å². The van der Waals surface area contributed by atoms with E-state index in [1.54, 1.807) is 4.90 Å². The van der Waals surface area contributed by atoms with Gasteiger partial charge in [-0.3, -0.25) is 29.4 Å². The van der Waals surface area contributed by atoms with Gasteiger partial charge in [0.2, 0.25) is 11.8 Å². The van der Waals surface area contributed by atoms with Crippen LogP contribution in [0.2, 0.25) is 5.02 Å². The van der Waals surface area contributed by atoms with Gasteiger partial charge in [-0.2, -0.15) is 0 Å². The van der Waals surface area contributed by atoms with Gasteiger partial charge in [-0.05, 0) is 52.9 Å². The van der Waals surface area contributed by atoms with Gasteiger partial charge in [0.05, 0.1) is 0 Å². The van der Waals surface area contributed by atoms with Crippen LogP contribution in [-0.4, -0.2) is 70.5 Å². The second-order valence-electron chi connectivity index (χ2n) is 11.8. The molecule has 41 heavy (non-hydrogen) atoms. The second-order valence-corrected chi connectivity index (χ2v) is 12.2. The average molecular weight is 569 g/mol. The molecule has 1 spiro atoms. The first-order valence-electron chi connectivity index (χ1n) is 13.9. The van der Waals surface area contributed by atoms with Crippen LogP contribution >= 0.6 is 11.6 Å². The lowest BCUT2D eigenvalue weighted by atomic mass is 9.72. The molecule has 3 aromatic rings. The van der Waals surface area contributed by atoms with Gasteiger partial charge in [0.15, 0.2) is 0 Å². The molecule has 4 aliphatic rings. The maximum Gasteiger partial charge on any atom is 0.255 e. The van der Waals surface area contributed by atoms with Crippen molar-refractivity contribution >= 4 is 35.2 Å². The maximum absolute atomic E-state index is 13.4. The van der Waals surface area contributed by atoms with E-state index in [-0.39, 0.29) is 29.6 Å². The summed E-state index contributed by atoms with van der Waals surface area (Å²) in [5, 5.41) is 3.01. The number of amides is 4. The van der Waals surface area contributed by atoms with E-state index in [0.29, 0.717) is 29.1 Å². The summed E-state index contributed by atoms with van der Waals surface area (Å²) in [5.74, 6) is -0.772. The Balaban J connectivity index is 0.954. The normalized spacial score (nSPS) is 21.4. The molecule has 1 N–H and O–H groups in total. The SMILES string of the molecule is O=C1CCC(N2Cc3cc(CN4CC5(C4)CN(C(=O)c4ccccc4-c4ccc(Cl)cc4)C5)ccc3C2=O)C(=O)N1. The number of imide groups is 1. The van der Waals surface area contributed by atoms with E-state index >= 15 is 0 Å². The molecule has 1 atom stereocenters. The van der Waals surface area contributed by atoms with Crippen molar-refractivity contribution in [2.75, 3.05) is 26.2 Å². The number of fused-ring (bicyclic) bond motifs is 1. The zero-order valence-corrected chi connectivity index (χ0v) is 23.2. The number of rotatable bonds is 5. The highest BCUT2D eigenvalue weighted by Gasteiger charge is 2.53. The highest BCUT2D eigenvalue weighted by Crippen LogP contribution is 2.42. The third kappa shape index (κ3) is 4.61. The van der Waals surface area contributed by atoms with E-state index in [1.807, 2.05) is 65.6 Å². The molecule has 208 valence electrons. The fourth-order valence-electron chi connectivity index (χ4n) is 6.83. The Kier molecular flexibility index (Phi) is 6.21. The third-order valence-electron chi connectivity index (χ3n) is 8.76. The van der Waals surface area contributed by atoms with Crippen molar-refractivity contribution in [3.8, 4) is 11.1 Å². The number of hydrogen-bond acceptors (Lipinski definition) is 5. The van der Waals surface area contributed by atoms with E-state index in [1.165, 1.54) is 0 Å². The summed E-state index contributed by atoms with van der Waals surface area (Å²) in [6.07, 6.45) is 0.607. The van der Waals surface area contributed by atoms with Crippen LogP contribution in [0.15, 0.2) is 66.7 Å². The Hall–Kier alpha value is -4.01. The highest BCUT2D eigenvalue weighted by molar-refractivity contribution is 6.30. The summed E-state index contributed by atoms with van der Waals surface area (Å²) in [6.45, 7) is 4.50. The summed E-state index contributed by atoms with van der Waals surface area (Å²) in [6, 6.07) is 20.6. The second kappa shape index (κ2) is 9.82. The number of nitrogens with zero attached hydrogens (tertiary/aromatic N) is 3. The lowest BCUT2D eigenvalue weighted by molar-refractivity contribution is -0.136. The van der Waals surface area contributed by atoms with Crippen LogP contribution in [-0.2, 0) is 22.7 Å². The molecule has 7 rings (SSSR count). The fourth-order valence-corrected chi connectivity index (χ4v) is 6.95. The Bertz CT molecular complexity index is 1590. The lowest BCUT2D eigenvalue weighted by Crippen LogP contribution is -2.72. The molecule has 3 aromatic carbocycles. The van der Waals surface area contributed by atoms with Crippen LogP contribution in [0, 0.1) is 5.41 Å². The van der Waals surface area contributed by atoms with Gasteiger partial charge >= 0.3 is 0 Å². The van der Waals surface area contributed by atoms with E-state index in [9.17, 15) is 19.2 Å². The number of piperidine rings is 1. The highest BCUT2D eigenvalue weighted by atomic mass is 35.5. The largest absolute Gasteiger partial charge is 0.337 e. The number of benzene rings is 3. The summed E-state index contributed by atoms with van der Waals surface area (Å²) < 4.78 is 0. The number of likely N-dealkylation sites (tertiary alicyclic amines) is 2. The minimum atomic E-state index is -0.603.